The van der Waals surface area contributed by atoms with Gasteiger partial charge in [-0.15, -0.1) is 0 Å². The van der Waals surface area contributed by atoms with E-state index >= 15 is 0 Å². The number of ether oxygens (including phenoxy) is 1. The van der Waals surface area contributed by atoms with Crippen LogP contribution in [0.3, 0.4) is 0 Å². The van der Waals surface area contributed by atoms with E-state index in [0.29, 0.717) is 11.5 Å². The summed E-state index contributed by atoms with van der Waals surface area (Å²) in [4.78, 5) is 27.4. The molecule has 0 fully saturated rings. The number of hydrogen-bond acceptors (Lipinski definition) is 4. The maximum atomic E-state index is 12.5. The predicted octanol–water partition coefficient (Wildman–Crippen LogP) is 12.1. The van der Waals surface area contributed by atoms with E-state index < -0.39 is 0 Å². The fourth-order valence-corrected chi connectivity index (χ4v) is 9.58. The summed E-state index contributed by atoms with van der Waals surface area (Å²) in [6.45, 7) is 16.2. The standard InChI is InChI=1S/C50H55N2O3/c1-9-40-41-27-23-36(33(3)53)31-43(41)49(4,5)42(40)28-24-34-21-22-35(47(34)52(38-17-13-11-14-18-38)39-19-15-12-16-20-39)26-30-46-50(6,7)44-32-37(48(54)55-8)25-29-45(44)51(46)10-2/h11-20,23-25,27-29,31-32,40H,9-10,21-22,26,30H2,1-8H3/q+1/b34-24+,42-28-. The van der Waals surface area contributed by atoms with Crippen LogP contribution in [-0.4, -0.2) is 35.7 Å². The third kappa shape index (κ3) is 6.73. The van der Waals surface area contributed by atoms with Crippen molar-refractivity contribution in [1.82, 2.24) is 0 Å². The third-order valence-electron chi connectivity index (χ3n) is 12.5. The van der Waals surface area contributed by atoms with Gasteiger partial charge < -0.3 is 9.64 Å². The van der Waals surface area contributed by atoms with Crippen molar-refractivity contribution < 1.29 is 18.9 Å². The average molecular weight is 732 g/mol. The number of carbonyl (C=O) groups excluding carboxylic acids is 2. The number of para-hydroxylation sites is 2. The second-order valence-corrected chi connectivity index (χ2v) is 16.3. The predicted molar refractivity (Wildman–Crippen MR) is 225 cm³/mol. The molecule has 0 saturated heterocycles. The summed E-state index contributed by atoms with van der Waals surface area (Å²) in [5.41, 5.74) is 15.1. The summed E-state index contributed by atoms with van der Waals surface area (Å²) in [7, 11) is 1.44. The van der Waals surface area contributed by atoms with Gasteiger partial charge in [-0.25, -0.2) is 4.79 Å². The Labute approximate surface area is 327 Å². The van der Waals surface area contributed by atoms with Crippen LogP contribution in [0.25, 0.3) is 0 Å². The molecule has 55 heavy (non-hydrogen) atoms. The summed E-state index contributed by atoms with van der Waals surface area (Å²) < 4.78 is 7.55. The molecule has 4 aromatic rings. The fourth-order valence-electron chi connectivity index (χ4n) is 9.58. The van der Waals surface area contributed by atoms with E-state index in [1.54, 1.807) is 6.92 Å². The van der Waals surface area contributed by atoms with Gasteiger partial charge in [0.05, 0.1) is 18.1 Å². The molecule has 0 spiro atoms. The number of rotatable bonds is 11. The lowest BCUT2D eigenvalue weighted by molar-refractivity contribution is -0.435. The van der Waals surface area contributed by atoms with Gasteiger partial charge in [0.1, 0.15) is 6.54 Å². The zero-order valence-electron chi connectivity index (χ0n) is 33.8. The molecule has 0 aromatic heterocycles. The number of allylic oxidation sites excluding steroid dienone is 5. The van der Waals surface area contributed by atoms with Crippen molar-refractivity contribution in [1.29, 1.82) is 0 Å². The average Bonchev–Trinajstić information content (AvgIpc) is 3.76. The molecule has 5 nitrogen and oxygen atoms in total. The molecule has 1 unspecified atom stereocenters. The Morgan fingerprint density at radius 2 is 1.42 bits per heavy atom. The number of fused-ring (bicyclic) bond motifs is 2. The summed E-state index contributed by atoms with van der Waals surface area (Å²) in [6.07, 6.45) is 9.61. The van der Waals surface area contributed by atoms with E-state index in [4.69, 9.17) is 4.74 Å². The van der Waals surface area contributed by atoms with E-state index in [1.807, 2.05) is 18.2 Å². The molecular formula is C50H55N2O3+. The largest absolute Gasteiger partial charge is 0.465 e. The number of esters is 1. The zero-order valence-corrected chi connectivity index (χ0v) is 33.8. The van der Waals surface area contributed by atoms with E-state index in [9.17, 15) is 9.59 Å². The number of methoxy groups -OCH3 is 1. The summed E-state index contributed by atoms with van der Waals surface area (Å²) in [5, 5.41) is 0. The molecule has 0 saturated carbocycles. The van der Waals surface area contributed by atoms with Crippen molar-refractivity contribution >= 4 is 34.5 Å². The Hall–Kier alpha value is -5.29. The molecule has 0 N–H and O–H groups in total. The molecule has 7 rings (SSSR count). The molecule has 2 aliphatic carbocycles. The molecule has 1 heterocycles. The Balaban J connectivity index is 1.33. The van der Waals surface area contributed by atoms with Crippen LogP contribution in [0.2, 0.25) is 0 Å². The monoisotopic (exact) mass is 731 g/mol. The Morgan fingerprint density at radius 1 is 0.782 bits per heavy atom. The minimum Gasteiger partial charge on any atom is -0.465 e. The summed E-state index contributed by atoms with van der Waals surface area (Å²) in [5.74, 6) is 0.110. The lowest BCUT2D eigenvalue weighted by Crippen LogP contribution is -2.29. The number of ketones is 1. The molecule has 0 radical (unpaired) electrons. The number of carbonyl (C=O) groups is 2. The Bertz CT molecular complexity index is 2230. The van der Waals surface area contributed by atoms with Crippen molar-refractivity contribution in [3.8, 4) is 0 Å². The third-order valence-corrected chi connectivity index (χ3v) is 12.5. The minimum absolute atomic E-state index is 0.109. The molecule has 3 aliphatic rings. The molecule has 282 valence electrons. The van der Waals surface area contributed by atoms with Crippen molar-refractivity contribution in [3.05, 3.63) is 159 Å². The number of anilines is 2. The smallest absolute Gasteiger partial charge is 0.337 e. The van der Waals surface area contributed by atoms with Gasteiger partial charge in [0, 0.05) is 52.0 Å². The highest BCUT2D eigenvalue weighted by Crippen LogP contribution is 2.52. The lowest BCUT2D eigenvalue weighted by Gasteiger charge is -2.29. The fraction of sp³-hybridized carbons (Fsp3) is 0.340. The van der Waals surface area contributed by atoms with Gasteiger partial charge >= 0.3 is 5.97 Å². The number of nitrogens with zero attached hydrogens (tertiary/aromatic N) is 2. The first-order chi connectivity index (χ1) is 26.4. The molecule has 4 aromatic carbocycles. The van der Waals surface area contributed by atoms with Gasteiger partial charge in [-0.3, -0.25) is 4.79 Å². The molecule has 5 heteroatoms. The molecule has 0 amide bonds. The van der Waals surface area contributed by atoms with Gasteiger partial charge in [-0.2, -0.15) is 4.58 Å². The Morgan fingerprint density at radius 3 is 2.02 bits per heavy atom. The first-order valence-electron chi connectivity index (χ1n) is 20.0. The molecule has 1 atom stereocenters. The van der Waals surface area contributed by atoms with Crippen LogP contribution in [0.4, 0.5) is 17.1 Å². The second kappa shape index (κ2) is 15.1. The number of hydrogen-bond donors (Lipinski definition) is 0. The molecule has 0 bridgehead atoms. The van der Waals surface area contributed by atoms with Gasteiger partial charge in [0.25, 0.3) is 0 Å². The highest BCUT2D eigenvalue weighted by molar-refractivity contribution is 5.97. The summed E-state index contributed by atoms with van der Waals surface area (Å²) >= 11 is 0. The maximum Gasteiger partial charge on any atom is 0.337 e. The second-order valence-electron chi connectivity index (χ2n) is 16.3. The number of benzene rings is 4. The van der Waals surface area contributed by atoms with E-state index in [2.05, 4.69) is 142 Å². The van der Waals surface area contributed by atoms with Crippen LogP contribution in [0.5, 0.6) is 0 Å². The quantitative estimate of drug-likeness (QED) is 0.0875. The van der Waals surface area contributed by atoms with Crippen molar-refractivity contribution in [2.75, 3.05) is 18.6 Å². The van der Waals surface area contributed by atoms with Gasteiger partial charge in [0.15, 0.2) is 11.5 Å². The minimum atomic E-state index is -0.303. The van der Waals surface area contributed by atoms with E-state index in [1.165, 1.54) is 57.6 Å². The van der Waals surface area contributed by atoms with E-state index in [-0.39, 0.29) is 22.6 Å². The molecule has 1 aliphatic heterocycles. The first-order valence-corrected chi connectivity index (χ1v) is 20.0. The topological polar surface area (TPSA) is 49.6 Å². The van der Waals surface area contributed by atoms with Crippen molar-refractivity contribution in [2.24, 2.45) is 0 Å². The number of Topliss-reactive ketones (excluding diaryl/α,β-unsaturated/α-hetero) is 1. The normalized spacial score (nSPS) is 19.6. The summed E-state index contributed by atoms with van der Waals surface area (Å²) in [6, 6.07) is 33.9. The van der Waals surface area contributed by atoms with Crippen LogP contribution in [0.1, 0.15) is 124 Å². The first kappa shape index (κ1) is 38.0. The Kier molecular flexibility index (Phi) is 10.4. The van der Waals surface area contributed by atoms with Gasteiger partial charge in [0.2, 0.25) is 5.69 Å². The van der Waals surface area contributed by atoms with Crippen LogP contribution < -0.4 is 4.90 Å². The maximum absolute atomic E-state index is 12.5. The zero-order chi connectivity index (χ0) is 39.1. The van der Waals surface area contributed by atoms with Gasteiger partial charge in [-0.05, 0) is 118 Å². The lowest BCUT2D eigenvalue weighted by atomic mass is 9.79. The SMILES string of the molecule is CCC1/C(=C/C=C2\CCC(CCC3=[N+](CC)c4ccc(C(=O)OC)cc4C3(C)C)=C2N(c2ccccc2)c2ccccc2)C(C)(C)c2cc(C(C)=O)ccc21. The highest BCUT2D eigenvalue weighted by atomic mass is 16.5. The van der Waals surface area contributed by atoms with Crippen molar-refractivity contribution in [3.63, 3.8) is 0 Å². The van der Waals surface area contributed by atoms with E-state index in [0.717, 1.165) is 55.6 Å². The van der Waals surface area contributed by atoms with Crippen LogP contribution >= 0.6 is 0 Å². The van der Waals surface area contributed by atoms with Crippen LogP contribution in [0, 0.1) is 0 Å². The van der Waals surface area contributed by atoms with Gasteiger partial charge in [-0.1, -0.05) is 87.0 Å². The molecular weight excluding hydrogens is 677 g/mol. The van der Waals surface area contributed by atoms with Crippen LogP contribution in [0.15, 0.2) is 132 Å². The van der Waals surface area contributed by atoms with Crippen molar-refractivity contribution in [2.45, 2.75) is 97.3 Å². The van der Waals surface area contributed by atoms with Crippen LogP contribution in [-0.2, 0) is 15.6 Å². The highest BCUT2D eigenvalue weighted by Gasteiger charge is 2.45.